The first-order valence-electron chi connectivity index (χ1n) is 19.6. The fourth-order valence-corrected chi connectivity index (χ4v) is 9.91. The number of unbranched alkanes of at least 4 members (excludes halogenated alkanes) is 2. The molecule has 0 aliphatic heterocycles. The number of aromatic nitrogens is 1. The zero-order valence-corrected chi connectivity index (χ0v) is 30.6. The van der Waals surface area contributed by atoms with Crippen molar-refractivity contribution in [3.8, 4) is 67.0 Å². The van der Waals surface area contributed by atoms with Gasteiger partial charge in [0.2, 0.25) is 0 Å². The second kappa shape index (κ2) is 12.7. The van der Waals surface area contributed by atoms with Crippen molar-refractivity contribution in [1.29, 1.82) is 0 Å². The Morgan fingerprint density at radius 1 is 0.415 bits per heavy atom. The van der Waals surface area contributed by atoms with Gasteiger partial charge >= 0.3 is 0 Å². The summed E-state index contributed by atoms with van der Waals surface area (Å²) in [6.45, 7) is 4.64. The summed E-state index contributed by atoms with van der Waals surface area (Å²) in [5.74, 6) is 0. The third-order valence-electron chi connectivity index (χ3n) is 12.2. The van der Waals surface area contributed by atoms with Crippen LogP contribution in [0, 0.1) is 0 Å². The van der Waals surface area contributed by atoms with E-state index in [2.05, 4.69) is 166 Å². The molecule has 0 N–H and O–H groups in total. The Morgan fingerprint density at radius 2 is 0.943 bits per heavy atom. The lowest BCUT2D eigenvalue weighted by Gasteiger charge is -2.32. The monoisotopic (exact) mass is 681 g/mol. The maximum atomic E-state index is 5.63. The number of hydrogen-bond donors (Lipinski definition) is 0. The summed E-state index contributed by atoms with van der Waals surface area (Å²) in [5.41, 5.74) is 18.1. The highest BCUT2D eigenvalue weighted by Crippen LogP contribution is 2.59. The van der Waals surface area contributed by atoms with E-state index in [4.69, 9.17) is 4.98 Å². The van der Waals surface area contributed by atoms with E-state index in [0.717, 1.165) is 5.69 Å². The Kier molecular flexibility index (Phi) is 7.65. The van der Waals surface area contributed by atoms with Gasteiger partial charge in [0.15, 0.2) is 0 Å². The van der Waals surface area contributed by atoms with Crippen molar-refractivity contribution < 1.29 is 0 Å². The van der Waals surface area contributed by atoms with Crippen LogP contribution in [-0.4, -0.2) is 4.98 Å². The molecule has 0 fully saturated rings. The molecule has 1 heteroatoms. The molecule has 0 saturated heterocycles. The molecular weight excluding hydrogens is 639 g/mol. The van der Waals surface area contributed by atoms with Gasteiger partial charge in [-0.05, 0) is 96.1 Å². The van der Waals surface area contributed by atoms with Gasteiger partial charge in [-0.25, -0.2) is 4.98 Å². The summed E-state index contributed by atoms with van der Waals surface area (Å²) in [5, 5.41) is 5.16. The van der Waals surface area contributed by atoms with Gasteiger partial charge in [-0.15, -0.1) is 0 Å². The first-order chi connectivity index (χ1) is 26.2. The molecule has 1 heterocycles. The van der Waals surface area contributed by atoms with Gasteiger partial charge in [0.25, 0.3) is 0 Å². The molecule has 53 heavy (non-hydrogen) atoms. The van der Waals surface area contributed by atoms with E-state index in [0.29, 0.717) is 0 Å². The van der Waals surface area contributed by atoms with Crippen LogP contribution in [0.25, 0.3) is 88.6 Å². The van der Waals surface area contributed by atoms with Gasteiger partial charge in [0.1, 0.15) is 0 Å². The number of pyridine rings is 1. The first-order valence-corrected chi connectivity index (χ1v) is 19.6. The molecule has 1 nitrogen and oxygen atoms in total. The average molecular weight is 682 g/mol. The quantitative estimate of drug-likeness (QED) is 0.148. The Bertz CT molecular complexity index is 2580. The van der Waals surface area contributed by atoms with E-state index in [9.17, 15) is 0 Å². The number of benzene rings is 7. The highest BCUT2D eigenvalue weighted by Gasteiger charge is 2.43. The average Bonchev–Trinajstić information content (AvgIpc) is 3.69. The van der Waals surface area contributed by atoms with Crippen LogP contribution >= 0.6 is 0 Å². The molecule has 0 bridgehead atoms. The molecular formula is C52H43N. The van der Waals surface area contributed by atoms with Crippen LogP contribution in [0.5, 0.6) is 0 Å². The van der Waals surface area contributed by atoms with E-state index >= 15 is 0 Å². The molecule has 7 aromatic carbocycles. The molecule has 0 saturated carbocycles. The van der Waals surface area contributed by atoms with Crippen molar-refractivity contribution in [2.45, 2.75) is 57.8 Å². The summed E-state index contributed by atoms with van der Waals surface area (Å²) < 4.78 is 0. The van der Waals surface area contributed by atoms with E-state index in [1.54, 1.807) is 0 Å². The van der Waals surface area contributed by atoms with E-state index in [1.165, 1.54) is 133 Å². The molecule has 0 amide bonds. The van der Waals surface area contributed by atoms with Crippen molar-refractivity contribution in [3.63, 3.8) is 0 Å². The van der Waals surface area contributed by atoms with Gasteiger partial charge in [-0.2, -0.15) is 0 Å². The van der Waals surface area contributed by atoms with Crippen molar-refractivity contribution in [2.75, 3.05) is 0 Å². The second-order valence-electron chi connectivity index (χ2n) is 15.1. The maximum absolute atomic E-state index is 5.63. The van der Waals surface area contributed by atoms with Crippen LogP contribution in [-0.2, 0) is 5.41 Å². The molecule has 2 aliphatic rings. The normalized spacial score (nSPS) is 13.3. The van der Waals surface area contributed by atoms with Crippen LogP contribution in [0.15, 0.2) is 152 Å². The summed E-state index contributed by atoms with van der Waals surface area (Å²) >= 11 is 0. The molecule has 2 aliphatic carbocycles. The highest BCUT2D eigenvalue weighted by molar-refractivity contribution is 6.28. The van der Waals surface area contributed by atoms with Crippen molar-refractivity contribution >= 4 is 21.5 Å². The van der Waals surface area contributed by atoms with Gasteiger partial charge in [0, 0.05) is 16.5 Å². The van der Waals surface area contributed by atoms with Gasteiger partial charge in [-0.1, -0.05) is 185 Å². The summed E-state index contributed by atoms with van der Waals surface area (Å²) in [7, 11) is 0. The van der Waals surface area contributed by atoms with Gasteiger partial charge < -0.3 is 0 Å². The van der Waals surface area contributed by atoms with E-state index < -0.39 is 0 Å². The predicted octanol–water partition coefficient (Wildman–Crippen LogP) is 14.7. The lowest BCUT2D eigenvalue weighted by atomic mass is 9.71. The van der Waals surface area contributed by atoms with Crippen LogP contribution in [0.2, 0.25) is 0 Å². The van der Waals surface area contributed by atoms with Crippen molar-refractivity contribution in [3.05, 3.63) is 163 Å². The van der Waals surface area contributed by atoms with Crippen molar-refractivity contribution in [1.82, 2.24) is 4.98 Å². The Morgan fingerprint density at radius 3 is 1.58 bits per heavy atom. The topological polar surface area (TPSA) is 12.9 Å². The number of hydrogen-bond acceptors (Lipinski definition) is 1. The van der Waals surface area contributed by atoms with Crippen LogP contribution in [0.1, 0.15) is 63.5 Å². The largest absolute Gasteiger partial charge is 0.247 e. The molecule has 256 valence electrons. The molecule has 1 aromatic heterocycles. The van der Waals surface area contributed by atoms with Crippen LogP contribution in [0.4, 0.5) is 0 Å². The third-order valence-corrected chi connectivity index (χ3v) is 12.2. The summed E-state index contributed by atoms with van der Waals surface area (Å²) in [4.78, 5) is 5.63. The lowest BCUT2D eigenvalue weighted by Crippen LogP contribution is -2.25. The minimum Gasteiger partial charge on any atom is -0.247 e. The van der Waals surface area contributed by atoms with Crippen LogP contribution < -0.4 is 0 Å². The smallest absolute Gasteiger partial charge is 0.0753 e. The molecule has 0 atom stereocenters. The standard InChI is InChI=1S/C52H43N/c1-3-5-32-52(33-6-4-2)43-27-16-15-24-40(43)51-44(52)30-31-45(53-51)36-28-29-42-48-37(36)25-17-26-41(48)49-46(34-18-9-7-10-19-34)38-22-13-14-23-39(38)47(50(42)49)35-20-11-8-12-21-35/h7-31H,3-6,32-33H2,1-2H3. The molecule has 0 unspecified atom stereocenters. The predicted molar refractivity (Wildman–Crippen MR) is 225 cm³/mol. The maximum Gasteiger partial charge on any atom is 0.0753 e. The number of rotatable bonds is 9. The molecule has 10 rings (SSSR count). The number of fused-ring (bicyclic) bond motifs is 7. The zero-order valence-electron chi connectivity index (χ0n) is 30.6. The fraction of sp³-hybridized carbons (Fsp3) is 0.173. The zero-order chi connectivity index (χ0) is 35.5. The lowest BCUT2D eigenvalue weighted by molar-refractivity contribution is 0.414. The molecule has 8 aromatic rings. The van der Waals surface area contributed by atoms with Crippen molar-refractivity contribution in [2.24, 2.45) is 0 Å². The summed E-state index contributed by atoms with van der Waals surface area (Å²) in [6, 6.07) is 56.5. The highest BCUT2D eigenvalue weighted by atomic mass is 14.7. The first kappa shape index (κ1) is 31.9. The Labute approximate surface area is 313 Å². The fourth-order valence-electron chi connectivity index (χ4n) is 9.91. The van der Waals surface area contributed by atoms with Gasteiger partial charge in [-0.3, -0.25) is 0 Å². The van der Waals surface area contributed by atoms with Gasteiger partial charge in [0.05, 0.1) is 11.4 Å². The molecule has 0 spiro atoms. The minimum absolute atomic E-state index is 0.0385. The minimum atomic E-state index is 0.0385. The third kappa shape index (κ3) is 4.73. The number of nitrogens with zero attached hydrogens (tertiary/aromatic N) is 1. The van der Waals surface area contributed by atoms with Crippen LogP contribution in [0.3, 0.4) is 0 Å². The second-order valence-corrected chi connectivity index (χ2v) is 15.1. The Balaban J connectivity index is 1.23. The SMILES string of the molecule is CCCCC1(CCCC)c2ccccc2-c2nc(-c3ccc4c5c(cccc35)-c3c-4c(-c4ccccc4)c4ccccc4c3-c3ccccc3)ccc21. The Hall–Kier alpha value is -5.79. The van der Waals surface area contributed by atoms with E-state index in [-0.39, 0.29) is 5.41 Å². The molecule has 0 radical (unpaired) electrons. The summed E-state index contributed by atoms with van der Waals surface area (Å²) in [6.07, 6.45) is 7.20. The van der Waals surface area contributed by atoms with E-state index in [1.807, 2.05) is 0 Å².